The maximum Gasteiger partial charge on any atom is 0.139 e. The Balaban J connectivity index is 1.70. The molecule has 3 nitrogen and oxygen atoms in total. The van der Waals surface area contributed by atoms with Crippen LogP contribution in [0.25, 0.3) is 0 Å². The van der Waals surface area contributed by atoms with Crippen molar-refractivity contribution in [2.24, 2.45) is 0 Å². The standard InChI is InChI=1S/C13H17BrClNO2/c14-11-3-1-4-12(13(11)15)18-8-2-6-16-7-5-10(17)9-16/h1,3-4,10,17H,2,5-9H2/t10-/m1/s1. The van der Waals surface area contributed by atoms with Crippen LogP contribution in [0.3, 0.4) is 0 Å². The topological polar surface area (TPSA) is 32.7 Å². The summed E-state index contributed by atoms with van der Waals surface area (Å²) in [5, 5.41) is 10.0. The molecule has 0 bridgehead atoms. The lowest BCUT2D eigenvalue weighted by Gasteiger charge is -2.15. The van der Waals surface area contributed by atoms with E-state index >= 15 is 0 Å². The fourth-order valence-corrected chi connectivity index (χ4v) is 2.61. The smallest absolute Gasteiger partial charge is 0.139 e. The molecule has 1 aromatic carbocycles. The number of rotatable bonds is 5. The minimum absolute atomic E-state index is 0.148. The van der Waals surface area contributed by atoms with E-state index < -0.39 is 0 Å². The monoisotopic (exact) mass is 333 g/mol. The van der Waals surface area contributed by atoms with Crippen LogP contribution in [0.4, 0.5) is 0 Å². The summed E-state index contributed by atoms with van der Waals surface area (Å²) in [7, 11) is 0. The minimum atomic E-state index is -0.148. The average Bonchev–Trinajstić information content (AvgIpc) is 2.76. The van der Waals surface area contributed by atoms with Gasteiger partial charge in [0, 0.05) is 24.1 Å². The first-order valence-electron chi connectivity index (χ1n) is 6.14. The molecule has 0 saturated carbocycles. The normalized spacial score (nSPS) is 20.3. The number of hydrogen-bond donors (Lipinski definition) is 1. The molecule has 1 saturated heterocycles. The fourth-order valence-electron chi connectivity index (χ4n) is 2.08. The molecule has 0 unspecified atom stereocenters. The summed E-state index contributed by atoms with van der Waals surface area (Å²) < 4.78 is 6.50. The van der Waals surface area contributed by atoms with Crippen LogP contribution in [-0.2, 0) is 0 Å². The number of benzene rings is 1. The van der Waals surface area contributed by atoms with Gasteiger partial charge in [-0.1, -0.05) is 17.7 Å². The molecule has 0 radical (unpaired) electrons. The highest BCUT2D eigenvalue weighted by molar-refractivity contribution is 9.10. The average molecular weight is 335 g/mol. The number of hydrogen-bond acceptors (Lipinski definition) is 3. The summed E-state index contributed by atoms with van der Waals surface area (Å²) in [6.45, 7) is 3.38. The number of ether oxygens (including phenoxy) is 1. The molecule has 0 amide bonds. The Hall–Kier alpha value is -0.290. The summed E-state index contributed by atoms with van der Waals surface area (Å²) >= 11 is 9.47. The molecular weight excluding hydrogens is 318 g/mol. The van der Waals surface area contributed by atoms with E-state index in [0.29, 0.717) is 17.4 Å². The van der Waals surface area contributed by atoms with Crippen molar-refractivity contribution in [3.8, 4) is 5.75 Å². The molecule has 0 spiro atoms. The third-order valence-electron chi connectivity index (χ3n) is 3.04. The zero-order valence-corrected chi connectivity index (χ0v) is 12.5. The van der Waals surface area contributed by atoms with Crippen LogP contribution in [0.5, 0.6) is 5.75 Å². The van der Waals surface area contributed by atoms with Crippen molar-refractivity contribution in [3.05, 3.63) is 27.7 Å². The molecule has 100 valence electrons. The second kappa shape index (κ2) is 6.75. The van der Waals surface area contributed by atoms with E-state index in [-0.39, 0.29) is 6.10 Å². The zero-order valence-electron chi connectivity index (χ0n) is 10.1. The van der Waals surface area contributed by atoms with Gasteiger partial charge in [-0.2, -0.15) is 0 Å². The van der Waals surface area contributed by atoms with Crippen LogP contribution >= 0.6 is 27.5 Å². The van der Waals surface area contributed by atoms with Gasteiger partial charge in [-0.15, -0.1) is 0 Å². The highest BCUT2D eigenvalue weighted by Gasteiger charge is 2.19. The zero-order chi connectivity index (χ0) is 13.0. The third kappa shape index (κ3) is 3.85. The van der Waals surface area contributed by atoms with Gasteiger partial charge in [0.2, 0.25) is 0 Å². The van der Waals surface area contributed by atoms with Crippen molar-refractivity contribution < 1.29 is 9.84 Å². The van der Waals surface area contributed by atoms with Crippen LogP contribution in [-0.4, -0.2) is 42.4 Å². The SMILES string of the molecule is O[C@@H]1CCN(CCCOc2cccc(Br)c2Cl)C1. The maximum atomic E-state index is 9.41. The minimum Gasteiger partial charge on any atom is -0.492 e. The quantitative estimate of drug-likeness (QED) is 0.840. The highest BCUT2D eigenvalue weighted by atomic mass is 79.9. The van der Waals surface area contributed by atoms with Crippen molar-refractivity contribution in [3.63, 3.8) is 0 Å². The molecule has 1 fully saturated rings. The van der Waals surface area contributed by atoms with Crippen molar-refractivity contribution in [2.75, 3.05) is 26.2 Å². The predicted molar refractivity (Wildman–Crippen MR) is 76.3 cm³/mol. The number of nitrogens with zero attached hydrogens (tertiary/aromatic N) is 1. The van der Waals surface area contributed by atoms with Gasteiger partial charge in [0.1, 0.15) is 5.75 Å². The number of aliphatic hydroxyl groups is 1. The molecule has 0 aliphatic carbocycles. The van der Waals surface area contributed by atoms with Crippen LogP contribution in [0.15, 0.2) is 22.7 Å². The highest BCUT2D eigenvalue weighted by Crippen LogP contribution is 2.31. The van der Waals surface area contributed by atoms with E-state index in [4.69, 9.17) is 16.3 Å². The number of β-amino-alcohol motifs (C(OH)–C–C–N with tert-alkyl or cyclic N) is 1. The number of halogens is 2. The molecule has 1 heterocycles. The van der Waals surface area contributed by atoms with Gasteiger partial charge in [0.05, 0.1) is 17.7 Å². The molecule has 2 rings (SSSR count). The molecule has 1 atom stereocenters. The van der Waals surface area contributed by atoms with Crippen molar-refractivity contribution in [1.82, 2.24) is 4.90 Å². The Morgan fingerprint density at radius 3 is 3.06 bits per heavy atom. The van der Waals surface area contributed by atoms with Crippen LogP contribution < -0.4 is 4.74 Å². The van der Waals surface area contributed by atoms with Gasteiger partial charge in [-0.3, -0.25) is 0 Å². The largest absolute Gasteiger partial charge is 0.492 e. The number of likely N-dealkylation sites (tertiary alicyclic amines) is 1. The van der Waals surface area contributed by atoms with Crippen LogP contribution in [0.2, 0.25) is 5.02 Å². The van der Waals surface area contributed by atoms with E-state index in [0.717, 1.165) is 36.9 Å². The first kappa shape index (κ1) is 14.1. The first-order valence-corrected chi connectivity index (χ1v) is 7.31. The third-order valence-corrected chi connectivity index (χ3v) is 4.32. The van der Waals surface area contributed by atoms with Gasteiger partial charge in [-0.05, 0) is 40.9 Å². The lowest BCUT2D eigenvalue weighted by molar-refractivity contribution is 0.173. The summed E-state index contributed by atoms with van der Waals surface area (Å²) in [4.78, 5) is 2.26. The summed E-state index contributed by atoms with van der Waals surface area (Å²) in [5.74, 6) is 0.715. The Bertz CT molecular complexity index is 403. The number of aliphatic hydroxyl groups excluding tert-OH is 1. The second-order valence-corrected chi connectivity index (χ2v) is 5.73. The van der Waals surface area contributed by atoms with E-state index in [1.54, 1.807) is 0 Å². The van der Waals surface area contributed by atoms with Gasteiger partial charge in [0.15, 0.2) is 0 Å². The molecule has 1 aromatic rings. The summed E-state index contributed by atoms with van der Waals surface area (Å²) in [5.41, 5.74) is 0. The molecule has 1 aliphatic heterocycles. The Morgan fingerprint density at radius 2 is 2.33 bits per heavy atom. The fraction of sp³-hybridized carbons (Fsp3) is 0.538. The molecule has 1 N–H and O–H groups in total. The Labute approximate surface area is 121 Å². The summed E-state index contributed by atoms with van der Waals surface area (Å²) in [6.07, 6.45) is 1.68. The van der Waals surface area contributed by atoms with Gasteiger partial charge in [-0.25, -0.2) is 0 Å². The van der Waals surface area contributed by atoms with E-state index in [2.05, 4.69) is 20.8 Å². The lowest BCUT2D eigenvalue weighted by Crippen LogP contribution is -2.24. The van der Waals surface area contributed by atoms with Crippen molar-refractivity contribution in [1.29, 1.82) is 0 Å². The van der Waals surface area contributed by atoms with E-state index in [1.807, 2.05) is 18.2 Å². The Morgan fingerprint density at radius 1 is 1.50 bits per heavy atom. The lowest BCUT2D eigenvalue weighted by atomic mass is 10.3. The predicted octanol–water partition coefficient (Wildman–Crippen LogP) is 2.94. The summed E-state index contributed by atoms with van der Waals surface area (Å²) in [6, 6.07) is 5.66. The molecule has 5 heteroatoms. The van der Waals surface area contributed by atoms with Gasteiger partial charge < -0.3 is 14.7 Å². The van der Waals surface area contributed by atoms with E-state index in [1.165, 1.54) is 0 Å². The van der Waals surface area contributed by atoms with Gasteiger partial charge >= 0.3 is 0 Å². The van der Waals surface area contributed by atoms with Crippen molar-refractivity contribution in [2.45, 2.75) is 18.9 Å². The van der Waals surface area contributed by atoms with Crippen molar-refractivity contribution >= 4 is 27.5 Å². The molecule has 1 aliphatic rings. The maximum absolute atomic E-state index is 9.41. The first-order chi connectivity index (χ1) is 8.66. The van der Waals surface area contributed by atoms with Crippen LogP contribution in [0, 0.1) is 0 Å². The molecular formula is C13H17BrClNO2. The second-order valence-electron chi connectivity index (χ2n) is 4.50. The molecule has 18 heavy (non-hydrogen) atoms. The Kier molecular flexibility index (Phi) is 5.30. The van der Waals surface area contributed by atoms with Crippen LogP contribution in [0.1, 0.15) is 12.8 Å². The van der Waals surface area contributed by atoms with Gasteiger partial charge in [0.25, 0.3) is 0 Å². The molecule has 0 aromatic heterocycles. The van der Waals surface area contributed by atoms with E-state index in [9.17, 15) is 5.11 Å².